The number of hydrogen-bond donors (Lipinski definition) is 0. The fraction of sp³-hybridized carbons (Fsp3) is 0.280. The molecule has 0 N–H and O–H groups in total. The lowest BCUT2D eigenvalue weighted by Crippen LogP contribution is -2.06. The maximum Gasteiger partial charge on any atom is 0.164 e. The minimum atomic E-state index is 0.222. The number of ether oxygens (including phenoxy) is 4. The normalized spacial score (nSPS) is 15.0. The maximum atomic E-state index is 6.07. The molecule has 1 saturated heterocycles. The Bertz CT molecular complexity index is 876. The summed E-state index contributed by atoms with van der Waals surface area (Å²) in [4.78, 5) is 0. The van der Waals surface area contributed by atoms with E-state index in [1.54, 1.807) is 0 Å². The van der Waals surface area contributed by atoms with Crippen molar-refractivity contribution in [3.63, 3.8) is 0 Å². The van der Waals surface area contributed by atoms with E-state index in [2.05, 4.69) is 24.3 Å². The Morgan fingerprint density at radius 3 is 2.21 bits per heavy atom. The van der Waals surface area contributed by atoms with Crippen molar-refractivity contribution in [2.24, 2.45) is 0 Å². The Morgan fingerprint density at radius 2 is 1.48 bits per heavy atom. The maximum absolute atomic E-state index is 6.07. The Hall–Kier alpha value is -2.98. The Morgan fingerprint density at radius 1 is 0.759 bits per heavy atom. The van der Waals surface area contributed by atoms with Crippen LogP contribution in [0, 0.1) is 0 Å². The lowest BCUT2D eigenvalue weighted by Gasteiger charge is -2.15. The minimum Gasteiger partial charge on any atom is -0.491 e. The van der Waals surface area contributed by atoms with Crippen LogP contribution in [-0.4, -0.2) is 25.9 Å². The Labute approximate surface area is 172 Å². The van der Waals surface area contributed by atoms with E-state index in [1.807, 2.05) is 54.6 Å². The summed E-state index contributed by atoms with van der Waals surface area (Å²) in [6, 6.07) is 26.3. The molecule has 4 nitrogen and oxygen atoms in total. The van der Waals surface area contributed by atoms with Gasteiger partial charge in [-0.25, -0.2) is 0 Å². The zero-order chi connectivity index (χ0) is 19.7. The van der Waals surface area contributed by atoms with E-state index in [1.165, 1.54) is 5.56 Å². The van der Waals surface area contributed by atoms with Crippen LogP contribution in [0.1, 0.15) is 17.5 Å². The monoisotopic (exact) mass is 390 g/mol. The molecule has 3 aromatic rings. The minimum absolute atomic E-state index is 0.222. The summed E-state index contributed by atoms with van der Waals surface area (Å²) in [6.45, 7) is 2.46. The molecule has 4 rings (SSSR count). The van der Waals surface area contributed by atoms with Crippen LogP contribution in [0.25, 0.3) is 0 Å². The molecule has 150 valence electrons. The molecule has 1 aliphatic rings. The van der Waals surface area contributed by atoms with Gasteiger partial charge >= 0.3 is 0 Å². The van der Waals surface area contributed by atoms with E-state index in [0.29, 0.717) is 25.6 Å². The summed E-state index contributed by atoms with van der Waals surface area (Å²) in [5, 5.41) is 0. The fourth-order valence-electron chi connectivity index (χ4n) is 3.00. The quantitative estimate of drug-likeness (QED) is 0.339. The van der Waals surface area contributed by atoms with Gasteiger partial charge in [0.1, 0.15) is 25.1 Å². The van der Waals surface area contributed by atoms with Crippen LogP contribution >= 0.6 is 0 Å². The number of hydrogen-bond acceptors (Lipinski definition) is 4. The van der Waals surface area contributed by atoms with E-state index in [4.69, 9.17) is 18.9 Å². The Balaban J connectivity index is 1.37. The SMILES string of the molecule is c1ccc(CCCOc2cc(OC[C@H]3CO3)ccc2OCc2ccccc2)cc1. The van der Waals surface area contributed by atoms with Crippen molar-refractivity contribution in [1.29, 1.82) is 0 Å². The van der Waals surface area contributed by atoms with E-state index in [-0.39, 0.29) is 6.10 Å². The topological polar surface area (TPSA) is 40.2 Å². The second kappa shape index (κ2) is 9.99. The van der Waals surface area contributed by atoms with Crippen molar-refractivity contribution in [1.82, 2.24) is 0 Å². The van der Waals surface area contributed by atoms with E-state index in [9.17, 15) is 0 Å². The van der Waals surface area contributed by atoms with Crippen LogP contribution < -0.4 is 14.2 Å². The Kier molecular flexibility index (Phi) is 6.66. The summed E-state index contributed by atoms with van der Waals surface area (Å²) in [5.74, 6) is 2.21. The highest BCUT2D eigenvalue weighted by molar-refractivity contribution is 5.45. The highest BCUT2D eigenvalue weighted by Crippen LogP contribution is 2.33. The van der Waals surface area contributed by atoms with Gasteiger partial charge in [-0.2, -0.15) is 0 Å². The van der Waals surface area contributed by atoms with Crippen LogP contribution in [-0.2, 0) is 17.8 Å². The predicted molar refractivity (Wildman–Crippen MR) is 113 cm³/mol. The van der Waals surface area contributed by atoms with E-state index in [0.717, 1.165) is 36.5 Å². The van der Waals surface area contributed by atoms with E-state index < -0.39 is 0 Å². The average molecular weight is 390 g/mol. The first-order valence-corrected chi connectivity index (χ1v) is 10.1. The molecule has 0 unspecified atom stereocenters. The molecule has 4 heteroatoms. The third-order valence-electron chi connectivity index (χ3n) is 4.70. The molecule has 1 fully saturated rings. The van der Waals surface area contributed by atoms with Crippen LogP contribution in [0.2, 0.25) is 0 Å². The van der Waals surface area contributed by atoms with Crippen LogP contribution in [0.5, 0.6) is 17.2 Å². The smallest absolute Gasteiger partial charge is 0.164 e. The molecular formula is C25H26O4. The van der Waals surface area contributed by atoms with E-state index >= 15 is 0 Å². The molecule has 0 spiro atoms. The molecule has 3 aromatic carbocycles. The number of rotatable bonds is 11. The third-order valence-corrected chi connectivity index (χ3v) is 4.70. The number of epoxide rings is 1. The van der Waals surface area contributed by atoms with Gasteiger partial charge in [0.15, 0.2) is 11.5 Å². The van der Waals surface area contributed by atoms with Gasteiger partial charge in [-0.3, -0.25) is 0 Å². The summed E-state index contributed by atoms with van der Waals surface area (Å²) >= 11 is 0. The molecule has 0 amide bonds. The molecule has 0 aromatic heterocycles. The van der Waals surface area contributed by atoms with Crippen molar-refractivity contribution in [2.45, 2.75) is 25.6 Å². The molecule has 0 aliphatic carbocycles. The van der Waals surface area contributed by atoms with Crippen molar-refractivity contribution in [2.75, 3.05) is 19.8 Å². The molecular weight excluding hydrogens is 364 g/mol. The second-order valence-corrected chi connectivity index (χ2v) is 7.09. The summed E-state index contributed by atoms with van der Waals surface area (Å²) < 4.78 is 23.1. The lowest BCUT2D eigenvalue weighted by molar-refractivity contribution is 0.248. The van der Waals surface area contributed by atoms with Gasteiger partial charge in [-0.1, -0.05) is 60.7 Å². The van der Waals surface area contributed by atoms with Crippen LogP contribution in [0.15, 0.2) is 78.9 Å². The van der Waals surface area contributed by atoms with Gasteiger partial charge in [0, 0.05) is 6.07 Å². The highest BCUT2D eigenvalue weighted by Gasteiger charge is 2.23. The largest absolute Gasteiger partial charge is 0.491 e. The van der Waals surface area contributed by atoms with Gasteiger partial charge in [-0.15, -0.1) is 0 Å². The second-order valence-electron chi connectivity index (χ2n) is 7.09. The van der Waals surface area contributed by atoms with Gasteiger partial charge < -0.3 is 18.9 Å². The zero-order valence-corrected chi connectivity index (χ0v) is 16.5. The standard InChI is InChI=1S/C25H26O4/c1-3-8-20(9-4-1)12-7-15-26-25-16-22(27-18-23-19-28-23)13-14-24(25)29-17-21-10-5-2-6-11-21/h1-6,8-11,13-14,16,23H,7,12,15,17-19H2/t23-/m0/s1. The summed E-state index contributed by atoms with van der Waals surface area (Å²) in [6.07, 6.45) is 2.14. The molecule has 29 heavy (non-hydrogen) atoms. The summed E-state index contributed by atoms with van der Waals surface area (Å²) in [5.41, 5.74) is 2.44. The first kappa shape index (κ1) is 19.3. The van der Waals surface area contributed by atoms with Crippen LogP contribution in [0.4, 0.5) is 0 Å². The summed E-state index contributed by atoms with van der Waals surface area (Å²) in [7, 11) is 0. The zero-order valence-electron chi connectivity index (χ0n) is 16.5. The van der Waals surface area contributed by atoms with Crippen molar-refractivity contribution in [3.8, 4) is 17.2 Å². The first-order valence-electron chi connectivity index (χ1n) is 10.1. The third kappa shape index (κ3) is 6.26. The molecule has 0 radical (unpaired) electrons. The van der Waals surface area contributed by atoms with Crippen molar-refractivity contribution < 1.29 is 18.9 Å². The molecule has 0 saturated carbocycles. The van der Waals surface area contributed by atoms with Crippen molar-refractivity contribution >= 4 is 0 Å². The molecule has 1 aliphatic heterocycles. The predicted octanol–water partition coefficient (Wildman–Crippen LogP) is 5.05. The highest BCUT2D eigenvalue weighted by atomic mass is 16.6. The molecule has 1 atom stereocenters. The number of benzene rings is 3. The molecule has 0 bridgehead atoms. The average Bonchev–Trinajstić information content (AvgIpc) is 3.60. The molecule has 1 heterocycles. The first-order chi connectivity index (χ1) is 14.4. The van der Waals surface area contributed by atoms with Crippen molar-refractivity contribution in [3.05, 3.63) is 90.0 Å². The van der Waals surface area contributed by atoms with Gasteiger partial charge in [-0.05, 0) is 36.1 Å². The van der Waals surface area contributed by atoms with Gasteiger partial charge in [0.2, 0.25) is 0 Å². The van der Waals surface area contributed by atoms with Gasteiger partial charge in [0.05, 0.1) is 13.2 Å². The lowest BCUT2D eigenvalue weighted by atomic mass is 10.1. The number of aryl methyl sites for hydroxylation is 1. The van der Waals surface area contributed by atoms with Crippen LogP contribution in [0.3, 0.4) is 0 Å². The van der Waals surface area contributed by atoms with Gasteiger partial charge in [0.25, 0.3) is 0 Å². The fourth-order valence-corrected chi connectivity index (χ4v) is 3.00.